The molecular weight excluding hydrogens is 428 g/mol. The monoisotopic (exact) mass is 458 g/mol. The number of aryl methyl sites for hydroxylation is 1. The minimum atomic E-state index is -0.400. The Balaban J connectivity index is 1.40. The number of hydrogen-bond donors (Lipinski definition) is 2. The minimum absolute atomic E-state index is 0.0522. The van der Waals surface area contributed by atoms with Gasteiger partial charge in [-0.2, -0.15) is 5.10 Å². The summed E-state index contributed by atoms with van der Waals surface area (Å²) < 4.78 is 7.29. The maximum Gasteiger partial charge on any atom is 0.250 e. The highest BCUT2D eigenvalue weighted by Gasteiger charge is 2.60. The molecule has 2 aromatic heterocycles. The maximum absolute atomic E-state index is 12.5. The highest BCUT2D eigenvalue weighted by Crippen LogP contribution is 2.63. The molecule has 2 aliphatic carbocycles. The van der Waals surface area contributed by atoms with Gasteiger partial charge in [-0.05, 0) is 42.7 Å². The van der Waals surface area contributed by atoms with Crippen molar-refractivity contribution in [1.29, 1.82) is 0 Å². The van der Waals surface area contributed by atoms with Gasteiger partial charge in [0, 0.05) is 24.0 Å². The summed E-state index contributed by atoms with van der Waals surface area (Å²) in [5.74, 6) is 1.57. The van der Waals surface area contributed by atoms with E-state index in [9.17, 15) is 9.59 Å². The van der Waals surface area contributed by atoms with Crippen molar-refractivity contribution in [1.82, 2.24) is 20.2 Å². The van der Waals surface area contributed by atoms with Crippen LogP contribution in [0.25, 0.3) is 0 Å². The lowest BCUT2D eigenvalue weighted by atomic mass is 9.70. The van der Waals surface area contributed by atoms with Crippen LogP contribution in [0, 0.1) is 16.7 Å². The topological polar surface area (TPSA) is 128 Å². The highest BCUT2D eigenvalue weighted by atomic mass is 32.2. The number of furan rings is 1. The first kappa shape index (κ1) is 22.6. The van der Waals surface area contributed by atoms with Crippen LogP contribution in [0.1, 0.15) is 58.0 Å². The van der Waals surface area contributed by atoms with Crippen molar-refractivity contribution >= 4 is 29.3 Å². The number of rotatable bonds is 9. The van der Waals surface area contributed by atoms with E-state index in [1.54, 1.807) is 12.3 Å². The SMILES string of the molecule is CC12CCC(C/C1=N/NC(=O)CSc1nnc(CCC(N)=O)n1Cc1ccco1)C2(C)C. The number of aromatic nitrogens is 3. The van der Waals surface area contributed by atoms with Gasteiger partial charge >= 0.3 is 0 Å². The van der Waals surface area contributed by atoms with Gasteiger partial charge in [0.1, 0.15) is 11.6 Å². The first-order valence-electron chi connectivity index (χ1n) is 10.9. The zero-order valence-corrected chi connectivity index (χ0v) is 19.6. The number of fused-ring (bicyclic) bond motifs is 2. The largest absolute Gasteiger partial charge is 0.467 e. The van der Waals surface area contributed by atoms with Crippen LogP contribution in [-0.4, -0.2) is 38.0 Å². The molecule has 172 valence electrons. The molecule has 2 bridgehead atoms. The van der Waals surface area contributed by atoms with Crippen molar-refractivity contribution < 1.29 is 14.0 Å². The van der Waals surface area contributed by atoms with Crippen LogP contribution in [0.3, 0.4) is 0 Å². The van der Waals surface area contributed by atoms with Crippen LogP contribution < -0.4 is 11.2 Å². The van der Waals surface area contributed by atoms with Gasteiger partial charge in [-0.15, -0.1) is 10.2 Å². The summed E-state index contributed by atoms with van der Waals surface area (Å²) in [6.07, 6.45) is 5.46. The van der Waals surface area contributed by atoms with Gasteiger partial charge < -0.3 is 10.2 Å². The summed E-state index contributed by atoms with van der Waals surface area (Å²) >= 11 is 1.28. The quantitative estimate of drug-likeness (QED) is 0.439. The zero-order valence-electron chi connectivity index (χ0n) is 18.8. The smallest absolute Gasteiger partial charge is 0.250 e. The van der Waals surface area contributed by atoms with Crippen LogP contribution in [0.15, 0.2) is 33.1 Å². The van der Waals surface area contributed by atoms with E-state index in [4.69, 9.17) is 10.2 Å². The summed E-state index contributed by atoms with van der Waals surface area (Å²) in [6, 6.07) is 3.66. The van der Waals surface area contributed by atoms with Crippen molar-refractivity contribution in [3.05, 3.63) is 30.0 Å². The lowest BCUT2D eigenvalue weighted by Crippen LogP contribution is -2.34. The van der Waals surface area contributed by atoms with Crippen molar-refractivity contribution in [2.75, 3.05) is 5.75 Å². The number of nitrogens with zero attached hydrogens (tertiary/aromatic N) is 4. The lowest BCUT2D eigenvalue weighted by molar-refractivity contribution is -0.119. The Morgan fingerprint density at radius 1 is 1.38 bits per heavy atom. The molecule has 2 fully saturated rings. The van der Waals surface area contributed by atoms with Crippen LogP contribution >= 0.6 is 11.8 Å². The normalized spacial score (nSPS) is 24.8. The predicted octanol–water partition coefficient (Wildman–Crippen LogP) is 2.75. The van der Waals surface area contributed by atoms with Crippen molar-refractivity contribution in [3.63, 3.8) is 0 Å². The van der Waals surface area contributed by atoms with Crippen molar-refractivity contribution in [2.24, 2.45) is 27.6 Å². The molecule has 0 saturated heterocycles. The molecule has 2 amide bonds. The molecule has 3 N–H and O–H groups in total. The number of thioether (sulfide) groups is 1. The Morgan fingerprint density at radius 2 is 2.19 bits per heavy atom. The molecule has 2 saturated carbocycles. The Morgan fingerprint density at radius 3 is 2.81 bits per heavy atom. The van der Waals surface area contributed by atoms with E-state index in [0.717, 1.165) is 24.3 Å². The number of nitrogens with one attached hydrogen (secondary N) is 1. The molecule has 2 aliphatic rings. The van der Waals surface area contributed by atoms with Gasteiger partial charge in [0.2, 0.25) is 5.91 Å². The molecule has 2 unspecified atom stereocenters. The third-order valence-electron chi connectivity index (χ3n) is 7.44. The Labute approximate surface area is 191 Å². The van der Waals surface area contributed by atoms with Crippen molar-refractivity contribution in [2.45, 2.75) is 64.6 Å². The molecule has 0 aromatic carbocycles. The summed E-state index contributed by atoms with van der Waals surface area (Å²) in [5, 5.41) is 13.5. The van der Waals surface area contributed by atoms with E-state index >= 15 is 0 Å². The molecule has 10 heteroatoms. The van der Waals surface area contributed by atoms with E-state index in [1.807, 2.05) is 10.6 Å². The zero-order chi connectivity index (χ0) is 22.9. The Hall–Kier alpha value is -2.62. The molecule has 2 aromatic rings. The van der Waals surface area contributed by atoms with Crippen LogP contribution in [0.2, 0.25) is 0 Å². The van der Waals surface area contributed by atoms with E-state index in [0.29, 0.717) is 29.9 Å². The fraction of sp³-hybridized carbons (Fsp3) is 0.591. The third kappa shape index (κ3) is 4.20. The standard InChI is InChI=1S/C22H30N6O3S/c1-21(2)14-8-9-22(21,3)16(11-14)24-26-19(30)13-32-20-27-25-18(7-6-17(23)29)28(20)12-15-5-4-10-31-15/h4-5,10,14H,6-9,11-13H2,1-3H3,(H2,23,29)(H,26,30)/b24-16-. The second-order valence-corrected chi connectivity index (χ2v) is 10.3. The predicted molar refractivity (Wildman–Crippen MR) is 121 cm³/mol. The lowest BCUT2D eigenvalue weighted by Gasteiger charge is -2.34. The van der Waals surface area contributed by atoms with Crippen molar-refractivity contribution in [3.8, 4) is 0 Å². The number of hydrazone groups is 1. The summed E-state index contributed by atoms with van der Waals surface area (Å²) in [6.45, 7) is 7.30. The number of carbonyl (C=O) groups excluding carboxylic acids is 2. The minimum Gasteiger partial charge on any atom is -0.467 e. The van der Waals surface area contributed by atoms with Gasteiger partial charge in [0.05, 0.1) is 18.6 Å². The van der Waals surface area contributed by atoms with Gasteiger partial charge in [0.15, 0.2) is 5.16 Å². The molecule has 0 radical (unpaired) electrons. The summed E-state index contributed by atoms with van der Waals surface area (Å²) in [4.78, 5) is 23.7. The van der Waals surface area contributed by atoms with Crippen LogP contribution in [0.5, 0.6) is 0 Å². The Kier molecular flexibility index (Phi) is 6.15. The van der Waals surface area contributed by atoms with Crippen LogP contribution in [-0.2, 0) is 22.6 Å². The molecule has 4 rings (SSSR count). The molecular formula is C22H30N6O3S. The third-order valence-corrected chi connectivity index (χ3v) is 8.41. The highest BCUT2D eigenvalue weighted by molar-refractivity contribution is 7.99. The fourth-order valence-corrected chi connectivity index (χ4v) is 5.70. The summed E-state index contributed by atoms with van der Waals surface area (Å²) in [7, 11) is 0. The number of primary amides is 1. The molecule has 0 spiro atoms. The fourth-order valence-electron chi connectivity index (χ4n) is 4.95. The van der Waals surface area contributed by atoms with Crippen LogP contribution in [0.4, 0.5) is 0 Å². The first-order valence-corrected chi connectivity index (χ1v) is 11.9. The average Bonchev–Trinajstić information content (AvgIpc) is 3.48. The summed E-state index contributed by atoms with van der Waals surface area (Å²) in [5.41, 5.74) is 9.40. The second kappa shape index (κ2) is 8.73. The number of hydrogen-bond acceptors (Lipinski definition) is 7. The van der Waals surface area contributed by atoms with Gasteiger partial charge in [0.25, 0.3) is 5.91 Å². The van der Waals surface area contributed by atoms with E-state index in [2.05, 4.69) is 41.5 Å². The first-order chi connectivity index (χ1) is 15.2. The second-order valence-electron chi connectivity index (χ2n) is 9.41. The number of amides is 2. The number of carbonyl (C=O) groups is 2. The average molecular weight is 459 g/mol. The molecule has 0 aliphatic heterocycles. The maximum atomic E-state index is 12.5. The van der Waals surface area contributed by atoms with Gasteiger partial charge in [-0.25, -0.2) is 5.43 Å². The van der Waals surface area contributed by atoms with Gasteiger partial charge in [-0.1, -0.05) is 32.5 Å². The molecule has 9 nitrogen and oxygen atoms in total. The van der Waals surface area contributed by atoms with E-state index in [-0.39, 0.29) is 28.9 Å². The molecule has 2 heterocycles. The van der Waals surface area contributed by atoms with E-state index in [1.165, 1.54) is 18.2 Å². The Bertz CT molecular complexity index is 1030. The molecule has 32 heavy (non-hydrogen) atoms. The van der Waals surface area contributed by atoms with E-state index < -0.39 is 5.91 Å². The molecule has 2 atom stereocenters. The van der Waals surface area contributed by atoms with Gasteiger partial charge in [-0.3, -0.25) is 14.2 Å². The number of nitrogens with two attached hydrogens (primary N) is 1.